The number of hydrogen-bond donors (Lipinski definition) is 1. The van der Waals surface area contributed by atoms with E-state index in [0.29, 0.717) is 11.6 Å². The normalized spacial score (nSPS) is 17.8. The highest BCUT2D eigenvalue weighted by atomic mass is 16.1. The number of aromatic nitrogens is 1. The summed E-state index contributed by atoms with van der Waals surface area (Å²) in [5, 5.41) is 3.47. The molecule has 3 heteroatoms. The van der Waals surface area contributed by atoms with Crippen LogP contribution in [0.25, 0.3) is 0 Å². The lowest BCUT2D eigenvalue weighted by Gasteiger charge is -2.18. The van der Waals surface area contributed by atoms with E-state index in [2.05, 4.69) is 10.3 Å². The van der Waals surface area contributed by atoms with Gasteiger partial charge in [-0.25, -0.2) is 0 Å². The Hall–Kier alpha value is -1.38. The van der Waals surface area contributed by atoms with E-state index in [-0.39, 0.29) is 0 Å². The van der Waals surface area contributed by atoms with Crippen LogP contribution < -0.4 is 5.32 Å². The summed E-state index contributed by atoms with van der Waals surface area (Å²) in [4.78, 5) is 14.8. The summed E-state index contributed by atoms with van der Waals surface area (Å²) >= 11 is 0. The van der Waals surface area contributed by atoms with E-state index in [1.165, 1.54) is 38.5 Å². The smallest absolute Gasteiger partial charge is 0.153 e. The van der Waals surface area contributed by atoms with Gasteiger partial charge in [0.25, 0.3) is 0 Å². The molecule has 1 aliphatic rings. The molecule has 3 nitrogen and oxygen atoms in total. The predicted octanol–water partition coefficient (Wildman–Crippen LogP) is 3.03. The van der Waals surface area contributed by atoms with Crippen LogP contribution in [0.4, 0.5) is 5.69 Å². The van der Waals surface area contributed by atoms with Crippen molar-refractivity contribution in [1.82, 2.24) is 4.98 Å². The first-order valence-electron chi connectivity index (χ1n) is 6.06. The van der Waals surface area contributed by atoms with Gasteiger partial charge in [-0.2, -0.15) is 0 Å². The Morgan fingerprint density at radius 1 is 1.25 bits per heavy atom. The van der Waals surface area contributed by atoms with Crippen molar-refractivity contribution in [3.05, 3.63) is 24.0 Å². The number of carbonyl (C=O) groups excluding carboxylic acids is 1. The summed E-state index contributed by atoms with van der Waals surface area (Å²) in [5.41, 5.74) is 1.59. The minimum atomic E-state index is 0.517. The van der Waals surface area contributed by atoms with E-state index < -0.39 is 0 Å². The van der Waals surface area contributed by atoms with Gasteiger partial charge in [0.1, 0.15) is 0 Å². The van der Waals surface area contributed by atoms with Crippen LogP contribution in [-0.2, 0) is 0 Å². The van der Waals surface area contributed by atoms with Crippen LogP contribution in [0.1, 0.15) is 48.9 Å². The highest BCUT2D eigenvalue weighted by Gasteiger charge is 2.13. The van der Waals surface area contributed by atoms with Crippen LogP contribution in [-0.4, -0.2) is 17.3 Å². The molecule has 1 N–H and O–H groups in total. The standard InChI is InChI=1S/C13H18N2O/c16-10-11-9-14-8-7-13(11)15-12-5-3-1-2-4-6-12/h7-10,12H,1-6H2,(H,14,15). The molecule has 86 valence electrons. The maximum absolute atomic E-state index is 10.9. The molecule has 1 fully saturated rings. The largest absolute Gasteiger partial charge is 0.382 e. The van der Waals surface area contributed by atoms with Gasteiger partial charge in [0.15, 0.2) is 6.29 Å². The van der Waals surface area contributed by atoms with Gasteiger partial charge in [-0.15, -0.1) is 0 Å². The van der Waals surface area contributed by atoms with Crippen LogP contribution in [0.15, 0.2) is 18.5 Å². The van der Waals surface area contributed by atoms with Gasteiger partial charge in [-0.3, -0.25) is 9.78 Å². The minimum Gasteiger partial charge on any atom is -0.382 e. The molecular formula is C13H18N2O. The number of pyridine rings is 1. The molecule has 0 aliphatic heterocycles. The molecule has 1 saturated carbocycles. The van der Waals surface area contributed by atoms with Crippen LogP contribution in [0.3, 0.4) is 0 Å². The van der Waals surface area contributed by atoms with Crippen molar-refractivity contribution in [3.8, 4) is 0 Å². The molecule has 1 aliphatic carbocycles. The Balaban J connectivity index is 2.04. The molecule has 0 unspecified atom stereocenters. The first-order chi connectivity index (χ1) is 7.90. The van der Waals surface area contributed by atoms with Crippen molar-refractivity contribution in [2.45, 2.75) is 44.6 Å². The van der Waals surface area contributed by atoms with Crippen molar-refractivity contribution in [2.75, 3.05) is 5.32 Å². The zero-order valence-electron chi connectivity index (χ0n) is 9.48. The molecule has 0 saturated heterocycles. The second-order valence-corrected chi connectivity index (χ2v) is 4.41. The van der Waals surface area contributed by atoms with Crippen molar-refractivity contribution >= 4 is 12.0 Å². The molecule has 1 heterocycles. The second-order valence-electron chi connectivity index (χ2n) is 4.41. The van der Waals surface area contributed by atoms with E-state index in [9.17, 15) is 4.79 Å². The molecule has 0 atom stereocenters. The van der Waals surface area contributed by atoms with Gasteiger partial charge >= 0.3 is 0 Å². The predicted molar refractivity (Wildman–Crippen MR) is 64.7 cm³/mol. The highest BCUT2D eigenvalue weighted by Crippen LogP contribution is 2.22. The Bertz CT molecular complexity index is 344. The van der Waals surface area contributed by atoms with Crippen LogP contribution >= 0.6 is 0 Å². The molecule has 0 aromatic carbocycles. The molecule has 1 aromatic rings. The quantitative estimate of drug-likeness (QED) is 0.626. The van der Waals surface area contributed by atoms with E-state index in [1.54, 1.807) is 12.4 Å². The summed E-state index contributed by atoms with van der Waals surface area (Å²) in [5.74, 6) is 0. The Morgan fingerprint density at radius 2 is 2.00 bits per heavy atom. The summed E-state index contributed by atoms with van der Waals surface area (Å²) in [6, 6.07) is 2.40. The van der Waals surface area contributed by atoms with Crippen LogP contribution in [0.5, 0.6) is 0 Å². The molecule has 0 amide bonds. The number of rotatable bonds is 3. The van der Waals surface area contributed by atoms with Crippen LogP contribution in [0.2, 0.25) is 0 Å². The van der Waals surface area contributed by atoms with E-state index >= 15 is 0 Å². The van der Waals surface area contributed by atoms with E-state index in [4.69, 9.17) is 0 Å². The fourth-order valence-corrected chi connectivity index (χ4v) is 2.28. The zero-order valence-corrected chi connectivity index (χ0v) is 9.48. The number of aldehydes is 1. The molecule has 16 heavy (non-hydrogen) atoms. The first-order valence-corrected chi connectivity index (χ1v) is 6.06. The van der Waals surface area contributed by atoms with Gasteiger partial charge in [0.05, 0.1) is 5.56 Å². The Morgan fingerprint density at radius 3 is 2.69 bits per heavy atom. The first kappa shape index (κ1) is 11.1. The number of nitrogens with one attached hydrogen (secondary N) is 1. The fourth-order valence-electron chi connectivity index (χ4n) is 2.28. The van der Waals surface area contributed by atoms with Crippen molar-refractivity contribution in [2.24, 2.45) is 0 Å². The van der Waals surface area contributed by atoms with Crippen molar-refractivity contribution in [3.63, 3.8) is 0 Å². The summed E-state index contributed by atoms with van der Waals surface area (Å²) in [6.45, 7) is 0. The lowest BCUT2D eigenvalue weighted by molar-refractivity contribution is 0.112. The summed E-state index contributed by atoms with van der Waals surface area (Å²) in [6.07, 6.45) is 11.9. The van der Waals surface area contributed by atoms with Gasteiger partial charge in [0.2, 0.25) is 0 Å². The third kappa shape index (κ3) is 2.81. The third-order valence-electron chi connectivity index (χ3n) is 3.19. The Kier molecular flexibility index (Phi) is 3.91. The van der Waals surface area contributed by atoms with Gasteiger partial charge in [-0.05, 0) is 18.9 Å². The van der Waals surface area contributed by atoms with Crippen LogP contribution in [0, 0.1) is 0 Å². The van der Waals surface area contributed by atoms with E-state index in [0.717, 1.165) is 12.0 Å². The molecule has 0 radical (unpaired) electrons. The molecule has 1 aromatic heterocycles. The molecule has 2 rings (SSSR count). The number of hydrogen-bond acceptors (Lipinski definition) is 3. The second kappa shape index (κ2) is 5.64. The minimum absolute atomic E-state index is 0.517. The van der Waals surface area contributed by atoms with Gasteiger partial charge < -0.3 is 5.32 Å². The average Bonchev–Trinajstić information content (AvgIpc) is 2.58. The number of nitrogens with zero attached hydrogens (tertiary/aromatic N) is 1. The Labute approximate surface area is 96.3 Å². The number of carbonyl (C=O) groups is 1. The fraction of sp³-hybridized carbons (Fsp3) is 0.538. The molecular weight excluding hydrogens is 200 g/mol. The highest BCUT2D eigenvalue weighted by molar-refractivity contribution is 5.83. The maximum atomic E-state index is 10.9. The summed E-state index contributed by atoms with van der Waals surface area (Å²) < 4.78 is 0. The molecule has 0 spiro atoms. The lowest BCUT2D eigenvalue weighted by atomic mass is 10.1. The zero-order chi connectivity index (χ0) is 11.2. The summed E-state index contributed by atoms with van der Waals surface area (Å²) in [7, 11) is 0. The van der Waals surface area contributed by atoms with Crippen molar-refractivity contribution in [1.29, 1.82) is 0 Å². The van der Waals surface area contributed by atoms with E-state index in [1.807, 2.05) is 6.07 Å². The number of anilines is 1. The lowest BCUT2D eigenvalue weighted by Crippen LogP contribution is -2.19. The van der Waals surface area contributed by atoms with Crippen molar-refractivity contribution < 1.29 is 4.79 Å². The monoisotopic (exact) mass is 218 g/mol. The third-order valence-corrected chi connectivity index (χ3v) is 3.19. The SMILES string of the molecule is O=Cc1cnccc1NC1CCCCCC1. The average molecular weight is 218 g/mol. The van der Waals surface area contributed by atoms with Gasteiger partial charge in [-0.1, -0.05) is 25.7 Å². The maximum Gasteiger partial charge on any atom is 0.153 e. The topological polar surface area (TPSA) is 42.0 Å². The van der Waals surface area contributed by atoms with Gasteiger partial charge in [0, 0.05) is 24.1 Å². The molecule has 0 bridgehead atoms.